The predicted octanol–water partition coefficient (Wildman–Crippen LogP) is 7.28. The van der Waals surface area contributed by atoms with Gasteiger partial charge in [0.2, 0.25) is 5.89 Å². The molecule has 5 rings (SSSR count). The second kappa shape index (κ2) is 8.02. The number of rotatable bonds is 4. The fourth-order valence-corrected chi connectivity index (χ4v) is 3.55. The first-order chi connectivity index (χ1) is 15.5. The Labute approximate surface area is 189 Å². The fourth-order valence-electron chi connectivity index (χ4n) is 3.42. The molecule has 0 radical (unpaired) electrons. The highest BCUT2D eigenvalue weighted by Crippen LogP contribution is 2.28. The summed E-state index contributed by atoms with van der Waals surface area (Å²) >= 11 is 5.95. The molecule has 0 aliphatic heterocycles. The molecule has 6 heteroatoms. The molecule has 2 aromatic heterocycles. The zero-order chi connectivity index (χ0) is 22.2. The predicted molar refractivity (Wildman–Crippen MR) is 126 cm³/mol. The number of hydrogen-bond donors (Lipinski definition) is 1. The van der Waals surface area contributed by atoms with E-state index in [1.807, 2.05) is 37.3 Å². The number of benzene rings is 3. The second-order valence-corrected chi connectivity index (χ2v) is 8.06. The van der Waals surface area contributed by atoms with Crippen LogP contribution in [0.4, 0.5) is 5.69 Å². The average Bonchev–Trinajstić information content (AvgIpc) is 3.43. The van der Waals surface area contributed by atoms with Gasteiger partial charge in [-0.15, -0.1) is 0 Å². The molecule has 3 aromatic carbocycles. The van der Waals surface area contributed by atoms with Gasteiger partial charge in [-0.2, -0.15) is 0 Å². The molecular formula is C26H19ClN2O3. The van der Waals surface area contributed by atoms with Gasteiger partial charge in [0.25, 0.3) is 5.91 Å². The number of carbonyl (C=O) groups is 1. The topological polar surface area (TPSA) is 68.3 Å². The summed E-state index contributed by atoms with van der Waals surface area (Å²) < 4.78 is 11.6. The van der Waals surface area contributed by atoms with Gasteiger partial charge in [-0.25, -0.2) is 4.98 Å². The number of amides is 1. The smallest absolute Gasteiger partial charge is 0.291 e. The average molecular weight is 443 g/mol. The third-order valence-corrected chi connectivity index (χ3v) is 5.61. The summed E-state index contributed by atoms with van der Waals surface area (Å²) in [5.74, 6) is 1.04. The summed E-state index contributed by atoms with van der Waals surface area (Å²) in [7, 11) is 0. The van der Waals surface area contributed by atoms with Crippen molar-refractivity contribution in [3.63, 3.8) is 0 Å². The number of nitrogens with one attached hydrogen (secondary N) is 1. The molecule has 0 unspecified atom stereocenters. The van der Waals surface area contributed by atoms with Crippen LogP contribution in [0.3, 0.4) is 0 Å². The van der Waals surface area contributed by atoms with Crippen molar-refractivity contribution in [1.29, 1.82) is 0 Å². The number of nitrogens with zero attached hydrogens (tertiary/aromatic N) is 1. The normalized spacial score (nSPS) is 11.1. The maximum atomic E-state index is 12.7. The first kappa shape index (κ1) is 20.1. The number of hydrogen-bond acceptors (Lipinski definition) is 4. The number of carbonyl (C=O) groups excluding carboxylic acids is 1. The molecular weight excluding hydrogens is 424 g/mol. The van der Waals surface area contributed by atoms with Crippen LogP contribution in [0.25, 0.3) is 33.9 Å². The zero-order valence-corrected chi connectivity index (χ0v) is 18.2. The van der Waals surface area contributed by atoms with Gasteiger partial charge in [-0.05, 0) is 85.6 Å². The van der Waals surface area contributed by atoms with Crippen molar-refractivity contribution >= 4 is 34.3 Å². The lowest BCUT2D eigenvalue weighted by atomic mass is 10.1. The maximum Gasteiger partial charge on any atom is 0.291 e. The lowest BCUT2D eigenvalue weighted by Crippen LogP contribution is -2.10. The molecule has 5 aromatic rings. The van der Waals surface area contributed by atoms with Crippen molar-refractivity contribution in [2.24, 2.45) is 0 Å². The van der Waals surface area contributed by atoms with Crippen LogP contribution < -0.4 is 5.32 Å². The summed E-state index contributed by atoms with van der Waals surface area (Å²) in [5, 5.41) is 3.51. The standard InChI is InChI=1S/C26H19ClN2O3/c1-15-3-4-18(13-16(15)2)22-11-12-24(31-22)25(30)28-20-9-10-23-21(14-20)29-26(32-23)17-5-7-19(27)8-6-17/h3-14H,1-2H3,(H,28,30). The molecule has 1 amide bonds. The lowest BCUT2D eigenvalue weighted by Gasteiger charge is -2.04. The largest absolute Gasteiger partial charge is 0.451 e. The Balaban J connectivity index is 1.36. The van der Waals surface area contributed by atoms with Gasteiger partial charge in [-0.1, -0.05) is 23.7 Å². The molecule has 32 heavy (non-hydrogen) atoms. The third-order valence-electron chi connectivity index (χ3n) is 5.36. The molecule has 0 saturated carbocycles. The van der Waals surface area contributed by atoms with Gasteiger partial charge in [0.1, 0.15) is 11.3 Å². The van der Waals surface area contributed by atoms with Gasteiger partial charge in [0.15, 0.2) is 11.3 Å². The number of aryl methyl sites for hydroxylation is 2. The first-order valence-electron chi connectivity index (χ1n) is 10.1. The minimum Gasteiger partial charge on any atom is -0.451 e. The van der Waals surface area contributed by atoms with Crippen LogP contribution in [0.5, 0.6) is 0 Å². The van der Waals surface area contributed by atoms with Crippen molar-refractivity contribution in [3.05, 3.63) is 94.7 Å². The number of anilines is 1. The molecule has 0 aliphatic carbocycles. The number of halogens is 1. The molecule has 1 N–H and O–H groups in total. The van der Waals surface area contributed by atoms with E-state index in [-0.39, 0.29) is 11.7 Å². The monoisotopic (exact) mass is 442 g/mol. The van der Waals surface area contributed by atoms with Crippen molar-refractivity contribution in [2.45, 2.75) is 13.8 Å². The van der Waals surface area contributed by atoms with E-state index in [9.17, 15) is 4.79 Å². The van der Waals surface area contributed by atoms with Crippen LogP contribution in [0.1, 0.15) is 21.7 Å². The zero-order valence-electron chi connectivity index (χ0n) is 17.5. The van der Waals surface area contributed by atoms with Crippen molar-refractivity contribution < 1.29 is 13.6 Å². The summed E-state index contributed by atoms with van der Waals surface area (Å²) in [6.07, 6.45) is 0. The number of aromatic nitrogens is 1. The van der Waals surface area contributed by atoms with E-state index < -0.39 is 0 Å². The number of furan rings is 1. The Hall–Kier alpha value is -3.83. The van der Waals surface area contributed by atoms with Crippen molar-refractivity contribution in [1.82, 2.24) is 4.98 Å². The SMILES string of the molecule is Cc1ccc(-c2ccc(C(=O)Nc3ccc4oc(-c5ccc(Cl)cc5)nc4c3)o2)cc1C. The Bertz CT molecular complexity index is 1450. The van der Waals surface area contributed by atoms with Crippen LogP contribution >= 0.6 is 11.6 Å². The summed E-state index contributed by atoms with van der Waals surface area (Å²) in [4.78, 5) is 17.2. The Morgan fingerprint density at radius 3 is 2.41 bits per heavy atom. The summed E-state index contributed by atoms with van der Waals surface area (Å²) in [6.45, 7) is 4.11. The van der Waals surface area contributed by atoms with E-state index >= 15 is 0 Å². The highest BCUT2D eigenvalue weighted by atomic mass is 35.5. The van der Waals surface area contributed by atoms with Gasteiger partial charge in [0, 0.05) is 21.8 Å². The van der Waals surface area contributed by atoms with Crippen LogP contribution in [0.15, 0.2) is 81.6 Å². The Morgan fingerprint density at radius 1 is 0.844 bits per heavy atom. The second-order valence-electron chi connectivity index (χ2n) is 7.63. The molecule has 5 nitrogen and oxygen atoms in total. The maximum absolute atomic E-state index is 12.7. The summed E-state index contributed by atoms with van der Waals surface area (Å²) in [5.41, 5.74) is 6.01. The molecule has 0 atom stereocenters. The van der Waals surface area contributed by atoms with E-state index in [0.717, 1.165) is 11.1 Å². The molecule has 158 valence electrons. The molecule has 0 aliphatic rings. The van der Waals surface area contributed by atoms with E-state index in [1.165, 1.54) is 11.1 Å². The molecule has 0 bridgehead atoms. The first-order valence-corrected chi connectivity index (χ1v) is 10.5. The molecule has 0 fully saturated rings. The minimum absolute atomic E-state index is 0.236. The number of oxazole rings is 1. The molecule has 2 heterocycles. The van der Waals surface area contributed by atoms with E-state index in [1.54, 1.807) is 42.5 Å². The molecule has 0 saturated heterocycles. The van der Waals surface area contributed by atoms with E-state index in [2.05, 4.69) is 17.2 Å². The minimum atomic E-state index is -0.333. The quantitative estimate of drug-likeness (QED) is 0.317. The van der Waals surface area contributed by atoms with E-state index in [4.69, 9.17) is 20.4 Å². The van der Waals surface area contributed by atoms with E-state index in [0.29, 0.717) is 33.5 Å². The highest BCUT2D eigenvalue weighted by molar-refractivity contribution is 6.30. The van der Waals surface area contributed by atoms with Crippen LogP contribution in [0.2, 0.25) is 5.02 Å². The van der Waals surface area contributed by atoms with Gasteiger partial charge >= 0.3 is 0 Å². The van der Waals surface area contributed by atoms with Crippen molar-refractivity contribution in [3.8, 4) is 22.8 Å². The van der Waals surface area contributed by atoms with Gasteiger partial charge in [-0.3, -0.25) is 4.79 Å². The lowest BCUT2D eigenvalue weighted by molar-refractivity contribution is 0.0997. The Kier molecular flexibility index (Phi) is 5.04. The number of fused-ring (bicyclic) bond motifs is 1. The molecule has 0 spiro atoms. The van der Waals surface area contributed by atoms with Crippen LogP contribution in [-0.2, 0) is 0 Å². The summed E-state index contributed by atoms with van der Waals surface area (Å²) in [6, 6.07) is 22.1. The highest BCUT2D eigenvalue weighted by Gasteiger charge is 2.15. The van der Waals surface area contributed by atoms with Gasteiger partial charge < -0.3 is 14.2 Å². The van der Waals surface area contributed by atoms with Crippen molar-refractivity contribution in [2.75, 3.05) is 5.32 Å². The Morgan fingerprint density at radius 2 is 1.62 bits per heavy atom. The van der Waals surface area contributed by atoms with Crippen LogP contribution in [-0.4, -0.2) is 10.9 Å². The fraction of sp³-hybridized carbons (Fsp3) is 0.0769. The third kappa shape index (κ3) is 3.90. The van der Waals surface area contributed by atoms with Crippen LogP contribution in [0, 0.1) is 13.8 Å². The van der Waals surface area contributed by atoms with Gasteiger partial charge in [0.05, 0.1) is 0 Å².